The molecule has 5 nitrogen and oxygen atoms in total. The zero-order valence-electron chi connectivity index (χ0n) is 13.7. The van der Waals surface area contributed by atoms with Crippen LogP contribution in [0.25, 0.3) is 0 Å². The van der Waals surface area contributed by atoms with E-state index in [1.807, 2.05) is 0 Å². The highest BCUT2D eigenvalue weighted by molar-refractivity contribution is 7.90. The zero-order valence-corrected chi connectivity index (χ0v) is 16.1. The third-order valence-corrected chi connectivity index (χ3v) is 6.63. The summed E-state index contributed by atoms with van der Waals surface area (Å²) >= 11 is 6.07. The number of sulfone groups is 1. The highest BCUT2D eigenvalue weighted by atomic mass is 35.5. The maximum atomic E-state index is 12.2. The van der Waals surface area contributed by atoms with Crippen LogP contribution in [-0.4, -0.2) is 34.6 Å². The second kappa shape index (κ2) is 8.06. The van der Waals surface area contributed by atoms with Gasteiger partial charge < -0.3 is 4.18 Å². The van der Waals surface area contributed by atoms with Crippen molar-refractivity contribution in [2.24, 2.45) is 0 Å². The molecule has 1 aromatic rings. The van der Waals surface area contributed by atoms with Crippen LogP contribution in [-0.2, 0) is 20.0 Å². The summed E-state index contributed by atoms with van der Waals surface area (Å²) in [6.45, 7) is 0. The smallest absolute Gasteiger partial charge is 0.309 e. The van der Waals surface area contributed by atoms with E-state index in [-0.39, 0.29) is 23.8 Å². The number of benzene rings is 1. The molecular weight excluding hydrogens is 372 g/mol. The van der Waals surface area contributed by atoms with Crippen molar-refractivity contribution >= 4 is 31.6 Å². The standard InChI is InChI=1S/C16H23ClO5S2/c1-23(18,19)10-5-11-24(20,21)22-16-9-8-14(17)12-15(16)13-6-3-2-4-7-13/h8-9,12-13H,2-7,10-11H2,1H3. The highest BCUT2D eigenvalue weighted by Gasteiger charge is 2.23. The minimum atomic E-state index is -3.84. The van der Waals surface area contributed by atoms with Crippen LogP contribution in [0.2, 0.25) is 5.02 Å². The van der Waals surface area contributed by atoms with Gasteiger partial charge in [0, 0.05) is 16.8 Å². The predicted octanol–water partition coefficient (Wildman–Crippen LogP) is 3.53. The largest absolute Gasteiger partial charge is 0.382 e. The van der Waals surface area contributed by atoms with Gasteiger partial charge in [-0.25, -0.2) is 8.42 Å². The van der Waals surface area contributed by atoms with Gasteiger partial charge in [-0.2, -0.15) is 8.42 Å². The fourth-order valence-electron chi connectivity index (χ4n) is 3.00. The molecule has 0 spiro atoms. The van der Waals surface area contributed by atoms with Crippen molar-refractivity contribution in [1.82, 2.24) is 0 Å². The third-order valence-electron chi connectivity index (χ3n) is 4.14. The Balaban J connectivity index is 2.13. The molecule has 1 aromatic carbocycles. The first kappa shape index (κ1) is 19.5. The van der Waals surface area contributed by atoms with Crippen LogP contribution in [0.4, 0.5) is 0 Å². The Kier molecular flexibility index (Phi) is 6.56. The second-order valence-corrected chi connectivity index (χ2v) is 10.7. The van der Waals surface area contributed by atoms with Crippen molar-refractivity contribution in [2.75, 3.05) is 17.8 Å². The van der Waals surface area contributed by atoms with Gasteiger partial charge in [0.15, 0.2) is 0 Å². The summed E-state index contributed by atoms with van der Waals surface area (Å²) in [4.78, 5) is 0. The second-order valence-electron chi connectivity index (χ2n) is 6.35. The maximum absolute atomic E-state index is 12.2. The van der Waals surface area contributed by atoms with E-state index in [2.05, 4.69) is 0 Å². The van der Waals surface area contributed by atoms with Gasteiger partial charge in [0.2, 0.25) is 0 Å². The molecule has 0 N–H and O–H groups in total. The van der Waals surface area contributed by atoms with Crippen LogP contribution in [0, 0.1) is 0 Å². The molecule has 8 heteroatoms. The van der Waals surface area contributed by atoms with E-state index in [1.165, 1.54) is 6.42 Å². The van der Waals surface area contributed by atoms with Gasteiger partial charge >= 0.3 is 10.1 Å². The molecule has 0 aromatic heterocycles. The van der Waals surface area contributed by atoms with E-state index < -0.39 is 20.0 Å². The molecule has 0 aliphatic heterocycles. The van der Waals surface area contributed by atoms with E-state index in [9.17, 15) is 16.8 Å². The molecule has 1 saturated carbocycles. The van der Waals surface area contributed by atoms with Crippen LogP contribution in [0.1, 0.15) is 50.0 Å². The van der Waals surface area contributed by atoms with Crippen LogP contribution in [0.15, 0.2) is 18.2 Å². The molecule has 0 unspecified atom stereocenters. The van der Waals surface area contributed by atoms with E-state index >= 15 is 0 Å². The summed E-state index contributed by atoms with van der Waals surface area (Å²) in [6, 6.07) is 4.97. The summed E-state index contributed by atoms with van der Waals surface area (Å²) in [5.74, 6) is 0.0581. The third kappa shape index (κ3) is 6.26. The summed E-state index contributed by atoms with van der Waals surface area (Å²) in [5.41, 5.74) is 0.828. The summed E-state index contributed by atoms with van der Waals surface area (Å²) < 4.78 is 51.8. The van der Waals surface area contributed by atoms with Crippen molar-refractivity contribution < 1.29 is 21.0 Å². The molecule has 0 radical (unpaired) electrons. The van der Waals surface area contributed by atoms with Crippen molar-refractivity contribution in [2.45, 2.75) is 44.4 Å². The SMILES string of the molecule is CS(=O)(=O)CCCS(=O)(=O)Oc1ccc(Cl)cc1C1CCCCC1. The van der Waals surface area contributed by atoms with Crippen molar-refractivity contribution in [1.29, 1.82) is 0 Å². The summed E-state index contributed by atoms with van der Waals surface area (Å²) in [7, 11) is -7.03. The maximum Gasteiger partial charge on any atom is 0.309 e. The van der Waals surface area contributed by atoms with Gasteiger partial charge in [-0.3, -0.25) is 0 Å². The summed E-state index contributed by atoms with van der Waals surface area (Å²) in [6.07, 6.45) is 6.50. The number of hydrogen-bond acceptors (Lipinski definition) is 5. The lowest BCUT2D eigenvalue weighted by molar-refractivity contribution is 0.428. The first-order valence-electron chi connectivity index (χ1n) is 8.06. The van der Waals surface area contributed by atoms with Crippen LogP contribution in [0.3, 0.4) is 0 Å². The fraction of sp³-hybridized carbons (Fsp3) is 0.625. The zero-order chi connectivity index (χ0) is 17.8. The summed E-state index contributed by atoms with van der Waals surface area (Å²) in [5, 5.41) is 0.553. The van der Waals surface area contributed by atoms with Gasteiger partial charge in [-0.1, -0.05) is 30.9 Å². The van der Waals surface area contributed by atoms with Crippen LogP contribution in [0.5, 0.6) is 5.75 Å². The van der Waals surface area contributed by atoms with Gasteiger partial charge in [0.25, 0.3) is 0 Å². The van der Waals surface area contributed by atoms with Crippen molar-refractivity contribution in [3.8, 4) is 5.75 Å². The lowest BCUT2D eigenvalue weighted by atomic mass is 9.84. The molecule has 136 valence electrons. The molecule has 0 bridgehead atoms. The normalized spacial score (nSPS) is 16.9. The van der Waals surface area contributed by atoms with E-state index in [4.69, 9.17) is 15.8 Å². The molecule has 2 rings (SSSR count). The highest BCUT2D eigenvalue weighted by Crippen LogP contribution is 2.39. The Hall–Kier alpha value is -0.790. The first-order valence-corrected chi connectivity index (χ1v) is 12.1. The monoisotopic (exact) mass is 394 g/mol. The molecule has 1 aliphatic carbocycles. The lowest BCUT2D eigenvalue weighted by Gasteiger charge is -2.24. The Labute approximate surface area is 149 Å². The Bertz CT molecular complexity index is 766. The lowest BCUT2D eigenvalue weighted by Crippen LogP contribution is -2.18. The quantitative estimate of drug-likeness (QED) is 0.661. The van der Waals surface area contributed by atoms with Crippen LogP contribution >= 0.6 is 11.6 Å². The molecule has 1 aliphatic rings. The molecule has 1 fully saturated rings. The van der Waals surface area contributed by atoms with Gasteiger partial charge in [0.1, 0.15) is 15.6 Å². The Morgan fingerprint density at radius 1 is 1.08 bits per heavy atom. The van der Waals surface area contributed by atoms with Gasteiger partial charge in [-0.15, -0.1) is 0 Å². The minimum Gasteiger partial charge on any atom is -0.382 e. The van der Waals surface area contributed by atoms with Gasteiger partial charge in [0.05, 0.1) is 11.5 Å². The molecule has 0 amide bonds. The number of rotatable bonds is 7. The molecular formula is C16H23ClO5S2. The topological polar surface area (TPSA) is 77.5 Å². The van der Waals surface area contributed by atoms with Crippen LogP contribution < -0.4 is 4.18 Å². The molecule has 24 heavy (non-hydrogen) atoms. The Morgan fingerprint density at radius 3 is 2.38 bits per heavy atom. The predicted molar refractivity (Wildman–Crippen MR) is 96.0 cm³/mol. The van der Waals surface area contributed by atoms with E-state index in [0.29, 0.717) is 10.8 Å². The van der Waals surface area contributed by atoms with E-state index in [0.717, 1.165) is 37.5 Å². The molecule has 0 heterocycles. The van der Waals surface area contributed by atoms with E-state index in [1.54, 1.807) is 18.2 Å². The molecule has 0 saturated heterocycles. The average Bonchev–Trinajstić information content (AvgIpc) is 2.48. The van der Waals surface area contributed by atoms with Gasteiger partial charge in [-0.05, 0) is 43.4 Å². The Morgan fingerprint density at radius 2 is 1.75 bits per heavy atom. The van der Waals surface area contributed by atoms with Crippen molar-refractivity contribution in [3.63, 3.8) is 0 Å². The number of hydrogen-bond donors (Lipinski definition) is 0. The average molecular weight is 395 g/mol. The van der Waals surface area contributed by atoms with Crippen molar-refractivity contribution in [3.05, 3.63) is 28.8 Å². The molecule has 0 atom stereocenters. The minimum absolute atomic E-state index is 0.0213. The fourth-order valence-corrected chi connectivity index (χ4v) is 5.04. The first-order chi connectivity index (χ1) is 11.2. The number of halogens is 1.